The minimum atomic E-state index is -0.479. The summed E-state index contributed by atoms with van der Waals surface area (Å²) >= 11 is 5.00. The minimum Gasteiger partial charge on any atom is -0.379 e. The van der Waals surface area contributed by atoms with Gasteiger partial charge in [0.2, 0.25) is 0 Å². The van der Waals surface area contributed by atoms with Gasteiger partial charge in [0.25, 0.3) is 5.91 Å². The highest BCUT2D eigenvalue weighted by Gasteiger charge is 2.29. The van der Waals surface area contributed by atoms with Gasteiger partial charge in [-0.05, 0) is 43.6 Å². The van der Waals surface area contributed by atoms with Crippen molar-refractivity contribution in [3.63, 3.8) is 0 Å². The summed E-state index contributed by atoms with van der Waals surface area (Å²) in [6.07, 6.45) is 2.82. The first kappa shape index (κ1) is 14.2. The van der Waals surface area contributed by atoms with Crippen molar-refractivity contribution in [3.05, 3.63) is 28.3 Å². The largest absolute Gasteiger partial charge is 0.379 e. The van der Waals surface area contributed by atoms with Gasteiger partial charge in [-0.1, -0.05) is 0 Å². The number of methoxy groups -OCH3 is 1. The average molecular weight is 309 g/mol. The lowest BCUT2D eigenvalue weighted by molar-refractivity contribution is 0.0723. The molecule has 21 heavy (non-hydrogen) atoms. The van der Waals surface area contributed by atoms with Gasteiger partial charge in [-0.25, -0.2) is 4.39 Å². The van der Waals surface area contributed by atoms with Gasteiger partial charge < -0.3 is 20.0 Å². The smallest absolute Gasteiger partial charge is 0.253 e. The maximum atomic E-state index is 13.7. The molecule has 3 N–H and O–H groups in total. The van der Waals surface area contributed by atoms with Crippen LogP contribution >= 0.6 is 12.2 Å². The molecule has 112 valence electrons. The quantitative estimate of drug-likeness (QED) is 0.763. The second kappa shape index (κ2) is 5.57. The van der Waals surface area contributed by atoms with E-state index in [9.17, 15) is 9.18 Å². The van der Waals surface area contributed by atoms with Crippen LogP contribution in [0.5, 0.6) is 0 Å². The lowest BCUT2D eigenvalue weighted by atomic mass is 10.1. The van der Waals surface area contributed by atoms with Crippen molar-refractivity contribution in [1.82, 2.24) is 15.3 Å². The number of amides is 1. The van der Waals surface area contributed by atoms with Crippen LogP contribution in [0.3, 0.4) is 0 Å². The van der Waals surface area contributed by atoms with Crippen molar-refractivity contribution in [3.8, 4) is 0 Å². The van der Waals surface area contributed by atoms with Gasteiger partial charge in [-0.15, -0.1) is 0 Å². The van der Waals surface area contributed by atoms with Crippen molar-refractivity contribution < 1.29 is 13.9 Å². The Kier molecular flexibility index (Phi) is 3.77. The first-order chi connectivity index (χ1) is 10.1. The van der Waals surface area contributed by atoms with Crippen LogP contribution < -0.4 is 5.32 Å². The predicted octanol–water partition coefficient (Wildman–Crippen LogP) is 2.66. The van der Waals surface area contributed by atoms with Crippen molar-refractivity contribution in [2.75, 3.05) is 7.11 Å². The van der Waals surface area contributed by atoms with E-state index >= 15 is 0 Å². The van der Waals surface area contributed by atoms with Crippen molar-refractivity contribution in [1.29, 1.82) is 0 Å². The molecule has 2 unspecified atom stereocenters. The number of halogens is 1. The molecule has 5 nitrogen and oxygen atoms in total. The Hall–Kier alpha value is -1.73. The maximum Gasteiger partial charge on any atom is 0.253 e. The van der Waals surface area contributed by atoms with Crippen LogP contribution in [0.25, 0.3) is 11.0 Å². The van der Waals surface area contributed by atoms with Gasteiger partial charge in [0.05, 0.1) is 28.7 Å². The first-order valence-electron chi connectivity index (χ1n) is 6.83. The third kappa shape index (κ3) is 2.71. The summed E-state index contributed by atoms with van der Waals surface area (Å²) in [7, 11) is 1.64. The number of rotatable bonds is 3. The molecule has 1 heterocycles. The molecule has 1 saturated carbocycles. The number of hydrogen-bond donors (Lipinski definition) is 3. The van der Waals surface area contributed by atoms with E-state index in [2.05, 4.69) is 15.3 Å². The first-order valence-corrected chi connectivity index (χ1v) is 7.24. The van der Waals surface area contributed by atoms with Gasteiger partial charge in [-0.3, -0.25) is 4.79 Å². The van der Waals surface area contributed by atoms with Gasteiger partial charge in [0.15, 0.2) is 4.77 Å². The third-order valence-corrected chi connectivity index (χ3v) is 4.11. The lowest BCUT2D eigenvalue weighted by Gasteiger charge is -2.19. The Morgan fingerprint density at radius 1 is 1.43 bits per heavy atom. The maximum absolute atomic E-state index is 13.7. The minimum absolute atomic E-state index is 0.0164. The number of nitrogens with one attached hydrogen (secondary N) is 3. The lowest BCUT2D eigenvalue weighted by Crippen LogP contribution is -2.40. The van der Waals surface area contributed by atoms with E-state index in [0.29, 0.717) is 15.8 Å². The van der Waals surface area contributed by atoms with Crippen molar-refractivity contribution >= 4 is 29.2 Å². The van der Waals surface area contributed by atoms with Crippen LogP contribution in [0.15, 0.2) is 12.1 Å². The molecule has 0 bridgehead atoms. The van der Waals surface area contributed by atoms with Gasteiger partial charge in [-0.2, -0.15) is 0 Å². The van der Waals surface area contributed by atoms with E-state index in [-0.39, 0.29) is 23.6 Å². The van der Waals surface area contributed by atoms with Crippen LogP contribution in [0.1, 0.15) is 29.6 Å². The van der Waals surface area contributed by atoms with Gasteiger partial charge in [0.1, 0.15) is 5.82 Å². The topological polar surface area (TPSA) is 69.9 Å². The average Bonchev–Trinajstić information content (AvgIpc) is 3.02. The number of benzene rings is 1. The summed E-state index contributed by atoms with van der Waals surface area (Å²) < 4.78 is 19.4. The van der Waals surface area contributed by atoms with Crippen LogP contribution in [-0.4, -0.2) is 35.1 Å². The Morgan fingerprint density at radius 2 is 2.24 bits per heavy atom. The molecule has 1 amide bonds. The number of imidazole rings is 1. The molecule has 0 saturated heterocycles. The number of aromatic nitrogens is 2. The third-order valence-electron chi connectivity index (χ3n) is 3.91. The summed E-state index contributed by atoms with van der Waals surface area (Å²) in [5.41, 5.74) is 1.25. The van der Waals surface area contributed by atoms with Crippen molar-refractivity contribution in [2.24, 2.45) is 0 Å². The number of aromatic amines is 2. The molecular formula is C14H16FN3O2S. The molecule has 1 aromatic heterocycles. The number of ether oxygens (including phenoxy) is 1. The van der Waals surface area contributed by atoms with E-state index in [0.717, 1.165) is 19.3 Å². The molecule has 2 aromatic rings. The number of fused-ring (bicyclic) bond motifs is 1. The highest BCUT2D eigenvalue weighted by molar-refractivity contribution is 7.71. The molecule has 1 aliphatic rings. The highest BCUT2D eigenvalue weighted by Crippen LogP contribution is 2.23. The molecule has 0 spiro atoms. The normalized spacial score (nSPS) is 21.8. The van der Waals surface area contributed by atoms with Crippen LogP contribution in [-0.2, 0) is 4.74 Å². The van der Waals surface area contributed by atoms with E-state index < -0.39 is 5.82 Å². The van der Waals surface area contributed by atoms with Crippen LogP contribution in [0, 0.1) is 10.6 Å². The van der Waals surface area contributed by atoms with Crippen LogP contribution in [0.4, 0.5) is 4.39 Å². The standard InChI is InChI=1S/C14H16FN3O2S/c1-20-11-4-2-3-9(11)16-13(19)8-5-7(15)6-10-12(8)18-14(21)17-10/h5-6,9,11H,2-4H2,1H3,(H,16,19)(H2,17,18,21). The number of carbonyl (C=O) groups excluding carboxylic acids is 1. The fourth-order valence-electron chi connectivity index (χ4n) is 2.91. The monoisotopic (exact) mass is 309 g/mol. The second-order valence-corrected chi connectivity index (χ2v) is 5.65. The molecule has 1 aliphatic carbocycles. The van der Waals surface area contributed by atoms with E-state index in [1.54, 1.807) is 7.11 Å². The summed E-state index contributed by atoms with van der Waals surface area (Å²) in [5, 5.41) is 2.93. The van der Waals surface area contributed by atoms with E-state index in [4.69, 9.17) is 17.0 Å². The summed E-state index contributed by atoms with van der Waals surface area (Å²) in [4.78, 5) is 18.1. The molecule has 0 radical (unpaired) electrons. The molecule has 1 aromatic carbocycles. The Labute approximate surface area is 125 Å². The molecule has 0 aliphatic heterocycles. The van der Waals surface area contributed by atoms with Crippen molar-refractivity contribution in [2.45, 2.75) is 31.4 Å². The Morgan fingerprint density at radius 3 is 3.00 bits per heavy atom. The Balaban J connectivity index is 1.92. The number of carbonyl (C=O) groups is 1. The zero-order chi connectivity index (χ0) is 15.0. The zero-order valence-electron chi connectivity index (χ0n) is 11.5. The summed E-state index contributed by atoms with van der Waals surface area (Å²) in [6, 6.07) is 2.49. The summed E-state index contributed by atoms with van der Waals surface area (Å²) in [5.74, 6) is -0.800. The molecule has 7 heteroatoms. The fourth-order valence-corrected chi connectivity index (χ4v) is 3.12. The molecular weight excluding hydrogens is 293 g/mol. The van der Waals surface area contributed by atoms with Crippen LogP contribution in [0.2, 0.25) is 0 Å². The highest BCUT2D eigenvalue weighted by atomic mass is 32.1. The molecule has 3 rings (SSSR count). The summed E-state index contributed by atoms with van der Waals surface area (Å²) in [6.45, 7) is 0. The SMILES string of the molecule is COC1CCCC1NC(=O)c1cc(F)cc2[nH]c(=S)[nH]c12. The predicted molar refractivity (Wildman–Crippen MR) is 79.3 cm³/mol. The number of H-pyrrole nitrogens is 2. The van der Waals surface area contributed by atoms with Gasteiger partial charge >= 0.3 is 0 Å². The second-order valence-electron chi connectivity index (χ2n) is 5.24. The van der Waals surface area contributed by atoms with E-state index in [1.807, 2.05) is 0 Å². The van der Waals surface area contributed by atoms with E-state index in [1.165, 1.54) is 12.1 Å². The fraction of sp³-hybridized carbons (Fsp3) is 0.429. The molecule has 2 atom stereocenters. The number of hydrogen-bond acceptors (Lipinski definition) is 3. The zero-order valence-corrected chi connectivity index (χ0v) is 12.3. The Bertz CT molecular complexity index is 739. The van der Waals surface area contributed by atoms with Gasteiger partial charge in [0, 0.05) is 7.11 Å². The molecule has 1 fully saturated rings.